The fourth-order valence-corrected chi connectivity index (χ4v) is 3.49. The van der Waals surface area contributed by atoms with Crippen molar-refractivity contribution < 1.29 is 4.39 Å². The molecule has 0 radical (unpaired) electrons. The van der Waals surface area contributed by atoms with Gasteiger partial charge in [-0.05, 0) is 41.8 Å². The molecule has 5 heteroatoms. The molecule has 2 aromatic rings. The fourth-order valence-electron chi connectivity index (χ4n) is 2.23. The predicted molar refractivity (Wildman–Crippen MR) is 89.7 cm³/mol. The third kappa shape index (κ3) is 3.84. The fraction of sp³-hybridized carbons (Fsp3) is 0.250. The van der Waals surface area contributed by atoms with Crippen LogP contribution in [0, 0.1) is 5.82 Å². The van der Waals surface area contributed by atoms with E-state index in [0.717, 1.165) is 11.1 Å². The van der Waals surface area contributed by atoms with Crippen LogP contribution in [-0.2, 0) is 11.8 Å². The molecule has 0 aliphatic carbocycles. The Morgan fingerprint density at radius 1 is 0.952 bits per heavy atom. The Labute approximate surface area is 143 Å². The molecular formula is C16H13Cl4F. The monoisotopic (exact) mass is 364 g/mol. The van der Waals surface area contributed by atoms with Crippen LogP contribution in [0.2, 0.25) is 10.0 Å². The third-order valence-corrected chi connectivity index (χ3v) is 5.10. The van der Waals surface area contributed by atoms with Gasteiger partial charge in [0.2, 0.25) is 0 Å². The van der Waals surface area contributed by atoms with Gasteiger partial charge in [0.1, 0.15) is 5.82 Å². The molecule has 112 valence electrons. The van der Waals surface area contributed by atoms with E-state index in [-0.39, 0.29) is 17.6 Å². The molecule has 0 bridgehead atoms. The largest absolute Gasteiger partial charge is 0.207 e. The summed E-state index contributed by atoms with van der Waals surface area (Å²) in [5.41, 5.74) is 1.06. The van der Waals surface area contributed by atoms with E-state index in [2.05, 4.69) is 0 Å². The zero-order valence-corrected chi connectivity index (χ0v) is 14.1. The van der Waals surface area contributed by atoms with Gasteiger partial charge in [-0.1, -0.05) is 41.4 Å². The molecule has 0 saturated heterocycles. The molecule has 0 fully saturated rings. The van der Waals surface area contributed by atoms with Gasteiger partial charge >= 0.3 is 0 Å². The molecule has 2 rings (SSSR count). The second-order valence-electron chi connectivity index (χ2n) is 4.97. The summed E-state index contributed by atoms with van der Waals surface area (Å²) in [6.45, 7) is 0. The van der Waals surface area contributed by atoms with Gasteiger partial charge in [0.25, 0.3) is 0 Å². The lowest BCUT2D eigenvalue weighted by Gasteiger charge is -2.31. The van der Waals surface area contributed by atoms with Crippen LogP contribution in [-0.4, -0.2) is 11.8 Å². The van der Waals surface area contributed by atoms with Gasteiger partial charge in [0.05, 0.1) is 0 Å². The minimum Gasteiger partial charge on any atom is -0.207 e. The molecule has 0 aliphatic rings. The Kier molecular flexibility index (Phi) is 5.79. The normalized spacial score (nSPS) is 11.7. The van der Waals surface area contributed by atoms with E-state index in [4.69, 9.17) is 46.4 Å². The summed E-state index contributed by atoms with van der Waals surface area (Å²) in [4.78, 5) is 0. The summed E-state index contributed by atoms with van der Waals surface area (Å²) in [6, 6.07) is 11.6. The van der Waals surface area contributed by atoms with Crippen molar-refractivity contribution in [3.05, 3.63) is 69.5 Å². The number of halogens is 5. The zero-order chi connectivity index (χ0) is 15.5. The van der Waals surface area contributed by atoms with Crippen LogP contribution >= 0.6 is 46.4 Å². The summed E-state index contributed by atoms with van der Waals surface area (Å²) in [5, 5.41) is 1.12. The molecular weight excluding hydrogens is 353 g/mol. The molecule has 0 N–H and O–H groups in total. The first-order valence-electron chi connectivity index (χ1n) is 6.33. The van der Waals surface area contributed by atoms with Crippen LogP contribution in [0.25, 0.3) is 0 Å². The molecule has 0 atom stereocenters. The van der Waals surface area contributed by atoms with Crippen molar-refractivity contribution in [1.29, 1.82) is 0 Å². The van der Waals surface area contributed by atoms with Crippen molar-refractivity contribution >= 4 is 46.4 Å². The van der Waals surface area contributed by atoms with Gasteiger partial charge < -0.3 is 0 Å². The number of benzene rings is 2. The van der Waals surface area contributed by atoms with Crippen molar-refractivity contribution in [3.63, 3.8) is 0 Å². The molecule has 0 unspecified atom stereocenters. The van der Waals surface area contributed by atoms with Crippen LogP contribution in [0.1, 0.15) is 11.1 Å². The first kappa shape index (κ1) is 16.9. The average Bonchev–Trinajstić information content (AvgIpc) is 2.47. The Balaban J connectivity index is 2.43. The predicted octanol–water partition coefficient (Wildman–Crippen LogP) is 6.09. The minimum absolute atomic E-state index is 0.263. The molecule has 21 heavy (non-hydrogen) atoms. The van der Waals surface area contributed by atoms with Crippen LogP contribution in [0.15, 0.2) is 42.5 Å². The molecule has 0 spiro atoms. The van der Waals surface area contributed by atoms with Gasteiger partial charge in [-0.2, -0.15) is 0 Å². The molecule has 0 heterocycles. The van der Waals surface area contributed by atoms with E-state index < -0.39 is 5.41 Å². The zero-order valence-electron chi connectivity index (χ0n) is 11.1. The first-order valence-corrected chi connectivity index (χ1v) is 8.15. The highest BCUT2D eigenvalue weighted by atomic mass is 35.5. The summed E-state index contributed by atoms with van der Waals surface area (Å²) < 4.78 is 13.5. The standard InChI is InChI=1S/C16H13Cl4F/c17-9-16(10-18,12-2-1-3-14(21)6-12)8-11-4-5-13(19)7-15(11)20/h1-7H,8-10H2. The molecule has 0 amide bonds. The smallest absolute Gasteiger partial charge is 0.123 e. The second-order valence-corrected chi connectivity index (χ2v) is 6.35. The number of hydrogen-bond donors (Lipinski definition) is 0. The maximum atomic E-state index is 13.5. The van der Waals surface area contributed by atoms with E-state index in [0.29, 0.717) is 16.5 Å². The van der Waals surface area contributed by atoms with Crippen molar-refractivity contribution in [1.82, 2.24) is 0 Å². The number of rotatable bonds is 5. The molecule has 0 aliphatic heterocycles. The Bertz CT molecular complexity index is 623. The van der Waals surface area contributed by atoms with E-state index >= 15 is 0 Å². The van der Waals surface area contributed by atoms with Crippen LogP contribution in [0.3, 0.4) is 0 Å². The minimum atomic E-state index is -0.581. The molecule has 0 nitrogen and oxygen atoms in total. The highest BCUT2D eigenvalue weighted by Gasteiger charge is 2.32. The van der Waals surface area contributed by atoms with Gasteiger partial charge in [-0.15, -0.1) is 23.2 Å². The SMILES string of the molecule is Fc1cccc(C(CCl)(CCl)Cc2ccc(Cl)cc2Cl)c1. The van der Waals surface area contributed by atoms with Crippen LogP contribution in [0.5, 0.6) is 0 Å². The lowest BCUT2D eigenvalue weighted by Crippen LogP contribution is -2.33. The highest BCUT2D eigenvalue weighted by molar-refractivity contribution is 6.35. The third-order valence-electron chi connectivity index (χ3n) is 3.49. The van der Waals surface area contributed by atoms with Crippen molar-refractivity contribution in [2.75, 3.05) is 11.8 Å². The average molecular weight is 366 g/mol. The summed E-state index contributed by atoms with van der Waals surface area (Å²) in [5.74, 6) is 0.215. The van der Waals surface area contributed by atoms with Gasteiger partial charge in [-0.25, -0.2) is 4.39 Å². The molecule has 0 saturated carbocycles. The van der Waals surface area contributed by atoms with E-state index in [9.17, 15) is 4.39 Å². The maximum absolute atomic E-state index is 13.5. The maximum Gasteiger partial charge on any atom is 0.123 e. The number of alkyl halides is 2. The summed E-state index contributed by atoms with van der Waals surface area (Å²) >= 11 is 24.5. The van der Waals surface area contributed by atoms with E-state index in [1.54, 1.807) is 18.2 Å². The Hall–Kier alpha value is -0.470. The van der Waals surface area contributed by atoms with E-state index in [1.807, 2.05) is 12.1 Å². The Morgan fingerprint density at radius 3 is 2.24 bits per heavy atom. The van der Waals surface area contributed by atoms with Crippen molar-refractivity contribution in [2.45, 2.75) is 11.8 Å². The van der Waals surface area contributed by atoms with Crippen molar-refractivity contribution in [2.24, 2.45) is 0 Å². The van der Waals surface area contributed by atoms with Crippen LogP contribution in [0.4, 0.5) is 4.39 Å². The topological polar surface area (TPSA) is 0 Å². The van der Waals surface area contributed by atoms with Crippen LogP contribution < -0.4 is 0 Å². The lowest BCUT2D eigenvalue weighted by molar-refractivity contribution is 0.528. The highest BCUT2D eigenvalue weighted by Crippen LogP contribution is 2.34. The van der Waals surface area contributed by atoms with Crippen molar-refractivity contribution in [3.8, 4) is 0 Å². The van der Waals surface area contributed by atoms with E-state index in [1.165, 1.54) is 12.1 Å². The Morgan fingerprint density at radius 2 is 1.67 bits per heavy atom. The molecule has 0 aromatic heterocycles. The molecule has 2 aromatic carbocycles. The second kappa shape index (κ2) is 7.19. The lowest BCUT2D eigenvalue weighted by atomic mass is 9.78. The number of hydrogen-bond acceptors (Lipinski definition) is 0. The van der Waals surface area contributed by atoms with Gasteiger partial charge in [-0.3, -0.25) is 0 Å². The summed E-state index contributed by atoms with van der Waals surface area (Å²) in [6.07, 6.45) is 0.513. The quantitative estimate of drug-likeness (QED) is 0.562. The van der Waals surface area contributed by atoms with Gasteiger partial charge in [0.15, 0.2) is 0 Å². The van der Waals surface area contributed by atoms with Gasteiger partial charge in [0, 0.05) is 27.2 Å². The summed E-state index contributed by atoms with van der Waals surface area (Å²) in [7, 11) is 0. The first-order chi connectivity index (χ1) is 10.0.